The van der Waals surface area contributed by atoms with Crippen LogP contribution in [0, 0.1) is 0 Å². The molecule has 0 N–H and O–H groups in total. The maximum absolute atomic E-state index is 4.93. The summed E-state index contributed by atoms with van der Waals surface area (Å²) in [6.07, 6.45) is 0. The van der Waals surface area contributed by atoms with Crippen LogP contribution < -0.4 is 0 Å². The Bertz CT molecular complexity index is 95.6. The molecule has 1 radical (unpaired) electrons. The van der Waals surface area contributed by atoms with E-state index in [1.807, 2.05) is 0 Å². The standard InChI is InChI=1S/BS4/c1-3-5-4-2. The molecule has 0 rings (SSSR count). The molecule has 0 bridgehead atoms. The van der Waals surface area contributed by atoms with E-state index in [-0.39, 0.29) is 0 Å². The van der Waals surface area contributed by atoms with Crippen molar-refractivity contribution >= 4 is 45.4 Å². The predicted molar refractivity (Wildman–Crippen MR) is 35.2 cm³/mol. The van der Waals surface area contributed by atoms with Crippen LogP contribution in [-0.4, -0.2) is 6.72 Å². The fourth-order valence-corrected chi connectivity index (χ4v) is 1.30. The van der Waals surface area contributed by atoms with Gasteiger partial charge in [-0.2, -0.15) is 0 Å². The molecular weight excluding hydrogens is 139 g/mol. The molecular formula is BS4. The molecule has 0 heterocycles. The van der Waals surface area contributed by atoms with Crippen molar-refractivity contribution in [1.82, 2.24) is 0 Å². The van der Waals surface area contributed by atoms with Crippen LogP contribution in [0.3, 0.4) is 0 Å². The second-order valence-corrected chi connectivity index (χ2v) is 4.54. The Balaban J connectivity index is 4.38. The number of rotatable bonds is 0. The van der Waals surface area contributed by atoms with Gasteiger partial charge in [-0.05, 0) is 0 Å². The van der Waals surface area contributed by atoms with Crippen LogP contribution in [0.2, 0.25) is 0 Å². The first kappa shape index (κ1) is 5.94. The van der Waals surface area contributed by atoms with Crippen molar-refractivity contribution in [2.45, 2.75) is 0 Å². The summed E-state index contributed by atoms with van der Waals surface area (Å²) in [4.78, 5) is 0. The first-order chi connectivity index (χ1) is 2.41. The zero-order valence-electron chi connectivity index (χ0n) is 2.21. The summed E-state index contributed by atoms with van der Waals surface area (Å²) in [6, 6.07) is 0. The quantitative estimate of drug-likeness (QED) is 0.412. The normalized spacial score (nSPS) is 5.40. The molecule has 0 aliphatic heterocycles. The van der Waals surface area contributed by atoms with Crippen LogP contribution in [0.5, 0.6) is 0 Å². The topological polar surface area (TPSA) is 0 Å². The molecule has 0 nitrogen and oxygen atoms in total. The van der Waals surface area contributed by atoms with Gasteiger partial charge in [0.05, 0.1) is 0 Å². The van der Waals surface area contributed by atoms with Crippen molar-refractivity contribution < 1.29 is 0 Å². The molecule has 0 atom stereocenters. The third-order valence-corrected chi connectivity index (χ3v) is 3.31. The Morgan fingerprint density at radius 1 is 1.60 bits per heavy atom. The third kappa shape index (κ3) is 4.94. The summed E-state index contributed by atoms with van der Waals surface area (Å²) in [5.74, 6) is 0. The summed E-state index contributed by atoms with van der Waals surface area (Å²) >= 11 is 4.43. The zero-order valence-corrected chi connectivity index (χ0v) is 5.48. The fraction of sp³-hybridized carbons (Fsp3) is 0. The summed E-state index contributed by atoms with van der Waals surface area (Å²) < 4.78 is 0. The summed E-state index contributed by atoms with van der Waals surface area (Å²) in [6.45, 7) is 4.93. The van der Waals surface area contributed by atoms with Crippen molar-refractivity contribution in [3.05, 3.63) is 0 Å². The van der Waals surface area contributed by atoms with E-state index in [1.165, 1.54) is 27.5 Å². The summed E-state index contributed by atoms with van der Waals surface area (Å²) in [5, 5.41) is 0. The fourth-order valence-electron chi connectivity index (χ4n) is 0.0160. The van der Waals surface area contributed by atoms with E-state index in [1.54, 1.807) is 0 Å². The van der Waals surface area contributed by atoms with E-state index >= 15 is 0 Å². The van der Waals surface area contributed by atoms with Crippen molar-refractivity contribution in [2.24, 2.45) is 0 Å². The summed E-state index contributed by atoms with van der Waals surface area (Å²) in [5.41, 5.74) is 0. The van der Waals surface area contributed by atoms with Gasteiger partial charge in [-0.1, -0.05) is 0 Å². The molecule has 0 aromatic heterocycles. The molecule has 0 amide bonds. The molecule has 5 heteroatoms. The van der Waals surface area contributed by atoms with Gasteiger partial charge < -0.3 is 0 Å². The molecule has 0 fully saturated rings. The van der Waals surface area contributed by atoms with Crippen LogP contribution in [0.25, 0.3) is 0 Å². The molecule has 0 aromatic rings. The SMILES string of the molecule is [B]=S=S=S=S. The monoisotopic (exact) mass is 139 g/mol. The molecule has 0 aromatic carbocycles. The van der Waals surface area contributed by atoms with Crippen molar-refractivity contribution in [3.8, 4) is 0 Å². The van der Waals surface area contributed by atoms with Gasteiger partial charge in [-0.15, -0.1) is 0 Å². The minimum absolute atomic E-state index is 1.18. The van der Waals surface area contributed by atoms with Crippen molar-refractivity contribution in [3.63, 3.8) is 0 Å². The van der Waals surface area contributed by atoms with Crippen molar-refractivity contribution in [2.75, 3.05) is 0 Å². The minimum atomic E-state index is 1.18. The van der Waals surface area contributed by atoms with Crippen LogP contribution in [0.1, 0.15) is 0 Å². The molecule has 0 saturated heterocycles. The predicted octanol–water partition coefficient (Wildman–Crippen LogP) is -0.390. The van der Waals surface area contributed by atoms with E-state index in [0.29, 0.717) is 0 Å². The zero-order chi connectivity index (χ0) is 4.12. The molecule has 0 aliphatic rings. The van der Waals surface area contributed by atoms with Crippen LogP contribution in [0.4, 0.5) is 0 Å². The second-order valence-electron chi connectivity index (χ2n) is 0.232. The Morgan fingerprint density at radius 3 is 2.20 bits per heavy atom. The first-order valence-corrected chi connectivity index (χ1v) is 5.21. The Kier molecular flexibility index (Phi) is 5.88. The van der Waals surface area contributed by atoms with E-state index in [0.717, 1.165) is 0 Å². The average Bonchev–Trinajstić information content (AvgIpc) is 1.41. The van der Waals surface area contributed by atoms with E-state index in [9.17, 15) is 0 Å². The Hall–Kier alpha value is 0.945. The third-order valence-electron chi connectivity index (χ3n) is 0.0671. The van der Waals surface area contributed by atoms with Crippen LogP contribution in [-0.2, 0) is 38.7 Å². The Morgan fingerprint density at radius 2 is 2.20 bits per heavy atom. The van der Waals surface area contributed by atoms with Crippen LogP contribution in [0.15, 0.2) is 0 Å². The van der Waals surface area contributed by atoms with E-state index in [4.69, 9.17) is 6.72 Å². The molecule has 0 unspecified atom stereocenters. The molecule has 0 saturated carbocycles. The van der Waals surface area contributed by atoms with Gasteiger partial charge >= 0.3 is 45.4 Å². The van der Waals surface area contributed by atoms with Gasteiger partial charge in [-0.3, -0.25) is 0 Å². The summed E-state index contributed by atoms with van der Waals surface area (Å²) in [7, 11) is 3.81. The maximum atomic E-state index is 4.93. The average molecular weight is 139 g/mol. The van der Waals surface area contributed by atoms with Gasteiger partial charge in [0.15, 0.2) is 0 Å². The van der Waals surface area contributed by atoms with Gasteiger partial charge in [-0.25, -0.2) is 0 Å². The van der Waals surface area contributed by atoms with Gasteiger partial charge in [0, 0.05) is 0 Å². The van der Waals surface area contributed by atoms with Gasteiger partial charge in [0.1, 0.15) is 0 Å². The van der Waals surface area contributed by atoms with E-state index in [2.05, 4.69) is 11.2 Å². The van der Waals surface area contributed by atoms with Gasteiger partial charge in [0.25, 0.3) is 0 Å². The number of hydrogen-bond donors (Lipinski definition) is 0. The van der Waals surface area contributed by atoms with E-state index < -0.39 is 0 Å². The number of hydrogen-bond acceptors (Lipinski definition) is 1. The molecule has 5 heavy (non-hydrogen) atoms. The van der Waals surface area contributed by atoms with Crippen molar-refractivity contribution in [1.29, 1.82) is 0 Å². The second kappa shape index (κ2) is 4.94. The molecule has 0 spiro atoms. The Labute approximate surface area is 45.5 Å². The first-order valence-electron chi connectivity index (χ1n) is 0.736. The molecule has 27 valence electrons. The van der Waals surface area contributed by atoms with Gasteiger partial charge in [0.2, 0.25) is 0 Å². The van der Waals surface area contributed by atoms with Crippen LogP contribution >= 0.6 is 0 Å². The molecule has 0 aliphatic carbocycles.